The minimum absolute atomic E-state index is 0.575. The van der Waals surface area contributed by atoms with E-state index in [0.29, 0.717) is 5.15 Å². The molecule has 3 heterocycles. The lowest BCUT2D eigenvalue weighted by Gasteiger charge is -2.35. The first-order valence-corrected chi connectivity index (χ1v) is 8.94. The van der Waals surface area contributed by atoms with Gasteiger partial charge in [-0.3, -0.25) is 4.90 Å². The summed E-state index contributed by atoms with van der Waals surface area (Å²) >= 11 is 6.37. The molecule has 0 amide bonds. The van der Waals surface area contributed by atoms with Crippen LogP contribution in [0.3, 0.4) is 0 Å². The van der Waals surface area contributed by atoms with Gasteiger partial charge in [-0.1, -0.05) is 41.0 Å². The zero-order valence-corrected chi connectivity index (χ0v) is 15.3. The molecule has 1 aliphatic rings. The molecule has 4 rings (SSSR count). The number of benzene rings is 1. The van der Waals surface area contributed by atoms with Crippen LogP contribution in [0.1, 0.15) is 17.0 Å². The van der Waals surface area contributed by atoms with Crippen LogP contribution in [0.4, 0.5) is 5.82 Å². The van der Waals surface area contributed by atoms with Crippen molar-refractivity contribution in [2.45, 2.75) is 20.4 Å². The Kier molecular flexibility index (Phi) is 4.36. The highest BCUT2D eigenvalue weighted by Gasteiger charge is 2.21. The monoisotopic (exact) mass is 356 g/mol. The molecular weight excluding hydrogens is 336 g/mol. The Labute approximate surface area is 152 Å². The van der Waals surface area contributed by atoms with Crippen molar-refractivity contribution in [1.29, 1.82) is 0 Å². The molecule has 0 saturated carbocycles. The largest absolute Gasteiger partial charge is 0.361 e. The van der Waals surface area contributed by atoms with Crippen LogP contribution in [0.15, 0.2) is 34.9 Å². The summed E-state index contributed by atoms with van der Waals surface area (Å²) < 4.78 is 5.27. The maximum Gasteiger partial charge on any atom is 0.139 e. The number of rotatable bonds is 3. The van der Waals surface area contributed by atoms with Crippen LogP contribution in [0.5, 0.6) is 0 Å². The topological polar surface area (TPSA) is 45.4 Å². The van der Waals surface area contributed by atoms with Crippen LogP contribution in [0.25, 0.3) is 10.8 Å². The standard InChI is InChI=1S/C19H21ClN4O/c1-13-17(14(2)25-22-13)12-23-7-9-24(10-8-23)18-11-15-5-3-4-6-16(15)19(20)21-18/h3-6,11H,7-10,12H2,1-2H3. The number of hydrogen-bond donors (Lipinski definition) is 0. The van der Waals surface area contributed by atoms with Gasteiger partial charge in [0.1, 0.15) is 16.7 Å². The first-order chi connectivity index (χ1) is 12.1. The Morgan fingerprint density at radius 3 is 2.60 bits per heavy atom. The van der Waals surface area contributed by atoms with Gasteiger partial charge in [-0.2, -0.15) is 0 Å². The van der Waals surface area contributed by atoms with E-state index in [9.17, 15) is 0 Å². The van der Waals surface area contributed by atoms with E-state index in [1.54, 1.807) is 0 Å². The second-order valence-electron chi connectivity index (χ2n) is 6.56. The Morgan fingerprint density at radius 1 is 1.12 bits per heavy atom. The highest BCUT2D eigenvalue weighted by molar-refractivity contribution is 6.34. The fourth-order valence-electron chi connectivity index (χ4n) is 3.39. The molecule has 6 heteroatoms. The van der Waals surface area contributed by atoms with Gasteiger partial charge in [-0.15, -0.1) is 0 Å². The van der Waals surface area contributed by atoms with Gasteiger partial charge in [-0.05, 0) is 25.3 Å². The third kappa shape index (κ3) is 3.22. The average Bonchev–Trinajstić information content (AvgIpc) is 2.94. The zero-order chi connectivity index (χ0) is 17.4. The number of piperazine rings is 1. The lowest BCUT2D eigenvalue weighted by Crippen LogP contribution is -2.46. The summed E-state index contributed by atoms with van der Waals surface area (Å²) in [6.07, 6.45) is 0. The maximum absolute atomic E-state index is 6.37. The van der Waals surface area contributed by atoms with Gasteiger partial charge in [-0.25, -0.2) is 4.98 Å². The third-order valence-electron chi connectivity index (χ3n) is 4.94. The van der Waals surface area contributed by atoms with Crippen molar-refractivity contribution in [3.8, 4) is 0 Å². The van der Waals surface area contributed by atoms with Gasteiger partial charge < -0.3 is 9.42 Å². The van der Waals surface area contributed by atoms with Crippen LogP contribution >= 0.6 is 11.6 Å². The van der Waals surface area contributed by atoms with Crippen molar-refractivity contribution in [3.05, 3.63) is 52.5 Å². The predicted molar refractivity (Wildman–Crippen MR) is 100 cm³/mol. The van der Waals surface area contributed by atoms with Crippen molar-refractivity contribution in [2.24, 2.45) is 0 Å². The van der Waals surface area contributed by atoms with Gasteiger partial charge in [0.2, 0.25) is 0 Å². The quantitative estimate of drug-likeness (QED) is 0.668. The molecule has 1 fully saturated rings. The van der Waals surface area contributed by atoms with Crippen LogP contribution in [-0.4, -0.2) is 41.2 Å². The van der Waals surface area contributed by atoms with Crippen molar-refractivity contribution in [2.75, 3.05) is 31.1 Å². The van der Waals surface area contributed by atoms with Crippen molar-refractivity contribution in [3.63, 3.8) is 0 Å². The van der Waals surface area contributed by atoms with Crippen molar-refractivity contribution in [1.82, 2.24) is 15.0 Å². The summed E-state index contributed by atoms with van der Waals surface area (Å²) in [7, 11) is 0. The average molecular weight is 357 g/mol. The molecule has 3 aromatic rings. The number of nitrogens with zero attached hydrogens (tertiary/aromatic N) is 4. The molecule has 5 nitrogen and oxygen atoms in total. The van der Waals surface area contributed by atoms with Crippen molar-refractivity contribution < 1.29 is 4.52 Å². The molecule has 2 aromatic heterocycles. The molecule has 1 aliphatic heterocycles. The zero-order valence-electron chi connectivity index (χ0n) is 14.5. The summed E-state index contributed by atoms with van der Waals surface area (Å²) in [5, 5.41) is 6.76. The van der Waals surface area contributed by atoms with E-state index in [-0.39, 0.29) is 0 Å². The molecule has 130 valence electrons. The Balaban J connectivity index is 1.47. The Morgan fingerprint density at radius 2 is 1.88 bits per heavy atom. The number of hydrogen-bond acceptors (Lipinski definition) is 5. The number of pyridine rings is 1. The fourth-order valence-corrected chi connectivity index (χ4v) is 3.65. The molecule has 0 spiro atoms. The van der Waals surface area contributed by atoms with Gasteiger partial charge in [0.15, 0.2) is 0 Å². The summed E-state index contributed by atoms with van der Waals surface area (Å²) in [6, 6.07) is 10.2. The summed E-state index contributed by atoms with van der Waals surface area (Å²) in [5.41, 5.74) is 2.20. The molecule has 1 aromatic carbocycles. The van der Waals surface area contributed by atoms with Gasteiger partial charge in [0.25, 0.3) is 0 Å². The molecule has 0 aliphatic carbocycles. The van der Waals surface area contributed by atoms with Crippen molar-refractivity contribution >= 4 is 28.2 Å². The fraction of sp³-hybridized carbons (Fsp3) is 0.368. The molecule has 0 radical (unpaired) electrons. The summed E-state index contributed by atoms with van der Waals surface area (Å²) in [4.78, 5) is 9.35. The van der Waals surface area contributed by atoms with E-state index in [0.717, 1.165) is 60.8 Å². The molecule has 0 unspecified atom stereocenters. The van der Waals surface area contributed by atoms with E-state index in [1.165, 1.54) is 5.56 Å². The first kappa shape index (κ1) is 16.4. The van der Waals surface area contributed by atoms with E-state index in [1.807, 2.05) is 32.0 Å². The predicted octanol–water partition coefficient (Wildman–Crippen LogP) is 3.82. The molecule has 25 heavy (non-hydrogen) atoms. The van der Waals surface area contributed by atoms with Crippen LogP contribution in [0.2, 0.25) is 5.15 Å². The Hall–Kier alpha value is -2.11. The smallest absolute Gasteiger partial charge is 0.139 e. The van der Waals surface area contributed by atoms with Crippen LogP contribution in [0, 0.1) is 13.8 Å². The second-order valence-corrected chi connectivity index (χ2v) is 6.92. The minimum atomic E-state index is 0.575. The minimum Gasteiger partial charge on any atom is -0.361 e. The lowest BCUT2D eigenvalue weighted by atomic mass is 10.1. The number of aryl methyl sites for hydroxylation is 2. The molecule has 1 saturated heterocycles. The number of fused-ring (bicyclic) bond motifs is 1. The molecule has 0 atom stereocenters. The van der Waals surface area contributed by atoms with E-state index in [2.05, 4.69) is 32.1 Å². The molecule has 0 N–H and O–H groups in total. The number of aromatic nitrogens is 2. The second kappa shape index (κ2) is 6.65. The van der Waals surface area contributed by atoms with Crippen LogP contribution in [-0.2, 0) is 6.54 Å². The van der Waals surface area contributed by atoms with E-state index in [4.69, 9.17) is 16.1 Å². The van der Waals surface area contributed by atoms with Crippen LogP contribution < -0.4 is 4.90 Å². The van der Waals surface area contributed by atoms with Gasteiger partial charge in [0, 0.05) is 43.7 Å². The highest BCUT2D eigenvalue weighted by atomic mass is 35.5. The molecule has 0 bridgehead atoms. The Bertz CT molecular complexity index is 880. The normalized spacial score (nSPS) is 15.9. The van der Waals surface area contributed by atoms with E-state index >= 15 is 0 Å². The number of anilines is 1. The lowest BCUT2D eigenvalue weighted by molar-refractivity contribution is 0.247. The highest BCUT2D eigenvalue weighted by Crippen LogP contribution is 2.27. The first-order valence-electron chi connectivity index (χ1n) is 8.56. The van der Waals surface area contributed by atoms with E-state index < -0.39 is 0 Å². The number of halogens is 1. The third-order valence-corrected chi connectivity index (χ3v) is 5.23. The molecular formula is C19H21ClN4O. The summed E-state index contributed by atoms with van der Waals surface area (Å²) in [5.74, 6) is 1.88. The van der Waals surface area contributed by atoms with Gasteiger partial charge in [0.05, 0.1) is 5.69 Å². The van der Waals surface area contributed by atoms with Gasteiger partial charge >= 0.3 is 0 Å². The SMILES string of the molecule is Cc1noc(C)c1CN1CCN(c2cc3ccccc3c(Cl)n2)CC1. The summed E-state index contributed by atoms with van der Waals surface area (Å²) in [6.45, 7) is 8.71. The maximum atomic E-state index is 6.37.